The number of non-ortho nitro benzene ring substituents is 1. The minimum atomic E-state index is -0.423. The first-order chi connectivity index (χ1) is 8.45. The molecule has 0 amide bonds. The van der Waals surface area contributed by atoms with E-state index in [1.165, 1.54) is 6.07 Å². The van der Waals surface area contributed by atoms with Crippen LogP contribution < -0.4 is 10.6 Å². The van der Waals surface area contributed by atoms with E-state index in [4.69, 9.17) is 10.5 Å². The van der Waals surface area contributed by atoms with Crippen molar-refractivity contribution in [3.63, 3.8) is 0 Å². The zero-order valence-corrected chi connectivity index (χ0v) is 10.5. The van der Waals surface area contributed by atoms with Gasteiger partial charge >= 0.3 is 0 Å². The lowest BCUT2D eigenvalue weighted by Crippen LogP contribution is -2.45. The van der Waals surface area contributed by atoms with E-state index in [0.717, 1.165) is 5.69 Å². The molecule has 0 aromatic heterocycles. The average molecular weight is 251 g/mol. The molecule has 0 saturated carbocycles. The van der Waals surface area contributed by atoms with Gasteiger partial charge in [0.25, 0.3) is 5.69 Å². The van der Waals surface area contributed by atoms with Crippen molar-refractivity contribution in [3.8, 4) is 0 Å². The average Bonchev–Trinajstić information content (AvgIpc) is 2.26. The van der Waals surface area contributed by atoms with Crippen molar-refractivity contribution in [2.75, 3.05) is 23.7 Å². The van der Waals surface area contributed by atoms with Gasteiger partial charge in [-0.3, -0.25) is 10.1 Å². The highest BCUT2D eigenvalue weighted by atomic mass is 16.6. The molecule has 18 heavy (non-hydrogen) atoms. The molecule has 1 heterocycles. The van der Waals surface area contributed by atoms with E-state index < -0.39 is 4.92 Å². The summed E-state index contributed by atoms with van der Waals surface area (Å²) < 4.78 is 5.64. The van der Waals surface area contributed by atoms with Crippen LogP contribution in [0.4, 0.5) is 17.1 Å². The van der Waals surface area contributed by atoms with Gasteiger partial charge in [-0.25, -0.2) is 0 Å². The van der Waals surface area contributed by atoms with Crippen LogP contribution in [0.2, 0.25) is 0 Å². The molecule has 98 valence electrons. The van der Waals surface area contributed by atoms with Crippen molar-refractivity contribution in [1.82, 2.24) is 0 Å². The van der Waals surface area contributed by atoms with Crippen LogP contribution in [0.3, 0.4) is 0 Å². The molecule has 0 radical (unpaired) electrons. The van der Waals surface area contributed by atoms with Crippen molar-refractivity contribution >= 4 is 17.1 Å². The number of nitrogens with two attached hydrogens (primary N) is 1. The molecule has 0 bridgehead atoms. The summed E-state index contributed by atoms with van der Waals surface area (Å²) in [4.78, 5) is 12.5. The van der Waals surface area contributed by atoms with Gasteiger partial charge in [0.1, 0.15) is 0 Å². The van der Waals surface area contributed by atoms with E-state index in [2.05, 4.69) is 4.90 Å². The Balaban J connectivity index is 2.29. The summed E-state index contributed by atoms with van der Waals surface area (Å²) in [6.07, 6.45) is 0.212. The van der Waals surface area contributed by atoms with Gasteiger partial charge in [0.15, 0.2) is 0 Å². The number of ether oxygens (including phenoxy) is 1. The number of morpholine rings is 1. The molecule has 0 aliphatic carbocycles. The Kier molecular flexibility index (Phi) is 3.38. The van der Waals surface area contributed by atoms with Crippen LogP contribution in [0.15, 0.2) is 18.2 Å². The van der Waals surface area contributed by atoms with Crippen LogP contribution in [-0.2, 0) is 4.74 Å². The molecule has 6 heteroatoms. The zero-order chi connectivity index (χ0) is 13.3. The Morgan fingerprint density at radius 3 is 2.50 bits per heavy atom. The van der Waals surface area contributed by atoms with Crippen LogP contribution in [0.25, 0.3) is 0 Å². The molecule has 0 unspecified atom stereocenters. The number of hydrogen-bond donors (Lipinski definition) is 1. The summed E-state index contributed by atoms with van der Waals surface area (Å²) in [5, 5.41) is 10.8. The Morgan fingerprint density at radius 2 is 1.94 bits per heavy atom. The standard InChI is InChI=1S/C12H17N3O3/c1-8-6-14(7-9(2)18-8)11-3-10(13)4-12(5-11)15(16)17/h3-5,8-9H,6-7,13H2,1-2H3/t8-,9+. The minimum Gasteiger partial charge on any atom is -0.398 e. The second-order valence-electron chi connectivity index (χ2n) is 4.70. The van der Waals surface area contributed by atoms with Crippen LogP contribution in [0, 0.1) is 10.1 Å². The molecule has 1 aliphatic heterocycles. The Hall–Kier alpha value is -1.82. The summed E-state index contributed by atoms with van der Waals surface area (Å²) >= 11 is 0. The summed E-state index contributed by atoms with van der Waals surface area (Å²) in [5.74, 6) is 0. The number of nitro groups is 1. The predicted octanol–water partition coefficient (Wildman–Crippen LogP) is 1.79. The molecule has 1 aliphatic rings. The molecule has 1 fully saturated rings. The number of nitro benzene ring substituents is 1. The lowest BCUT2D eigenvalue weighted by atomic mass is 10.1. The second-order valence-corrected chi connectivity index (χ2v) is 4.70. The van der Waals surface area contributed by atoms with Crippen molar-refractivity contribution in [1.29, 1.82) is 0 Å². The smallest absolute Gasteiger partial charge is 0.273 e. The van der Waals surface area contributed by atoms with E-state index in [1.54, 1.807) is 12.1 Å². The third kappa shape index (κ3) is 2.70. The van der Waals surface area contributed by atoms with E-state index in [0.29, 0.717) is 18.8 Å². The lowest BCUT2D eigenvalue weighted by molar-refractivity contribution is -0.384. The third-order valence-corrected chi connectivity index (χ3v) is 2.92. The van der Waals surface area contributed by atoms with Gasteiger partial charge < -0.3 is 15.4 Å². The molecule has 2 atom stereocenters. The highest BCUT2D eigenvalue weighted by Gasteiger charge is 2.23. The quantitative estimate of drug-likeness (QED) is 0.492. The van der Waals surface area contributed by atoms with Gasteiger partial charge in [-0.2, -0.15) is 0 Å². The molecule has 1 saturated heterocycles. The van der Waals surface area contributed by atoms with E-state index in [9.17, 15) is 10.1 Å². The highest BCUT2D eigenvalue weighted by Crippen LogP contribution is 2.27. The fourth-order valence-electron chi connectivity index (χ4n) is 2.29. The molecular weight excluding hydrogens is 234 g/mol. The highest BCUT2D eigenvalue weighted by molar-refractivity contribution is 5.63. The van der Waals surface area contributed by atoms with E-state index in [1.807, 2.05) is 13.8 Å². The molecule has 6 nitrogen and oxygen atoms in total. The number of nitrogens with zero attached hydrogens (tertiary/aromatic N) is 2. The number of nitrogen functional groups attached to an aromatic ring is 1. The third-order valence-electron chi connectivity index (χ3n) is 2.92. The first-order valence-corrected chi connectivity index (χ1v) is 5.91. The number of benzene rings is 1. The van der Waals surface area contributed by atoms with Crippen molar-refractivity contribution in [2.24, 2.45) is 0 Å². The first-order valence-electron chi connectivity index (χ1n) is 5.91. The van der Waals surface area contributed by atoms with Crippen molar-refractivity contribution in [3.05, 3.63) is 28.3 Å². The summed E-state index contributed by atoms with van der Waals surface area (Å²) in [7, 11) is 0. The van der Waals surface area contributed by atoms with Gasteiger partial charge in [-0.05, 0) is 19.9 Å². The maximum absolute atomic E-state index is 10.8. The Bertz CT molecular complexity index is 454. The first kappa shape index (κ1) is 12.6. The van der Waals surface area contributed by atoms with Crippen LogP contribution in [0.1, 0.15) is 13.8 Å². The van der Waals surface area contributed by atoms with Gasteiger partial charge in [-0.15, -0.1) is 0 Å². The molecule has 2 rings (SSSR count). The minimum absolute atomic E-state index is 0.0248. The van der Waals surface area contributed by atoms with Crippen LogP contribution in [-0.4, -0.2) is 30.2 Å². The van der Waals surface area contributed by atoms with Crippen LogP contribution >= 0.6 is 0 Å². The fourth-order valence-corrected chi connectivity index (χ4v) is 2.29. The van der Waals surface area contributed by atoms with Crippen molar-refractivity contribution < 1.29 is 9.66 Å². The van der Waals surface area contributed by atoms with E-state index in [-0.39, 0.29) is 17.9 Å². The summed E-state index contributed by atoms with van der Waals surface area (Å²) in [6.45, 7) is 5.41. The summed E-state index contributed by atoms with van der Waals surface area (Å²) in [6, 6.07) is 4.69. The number of anilines is 2. The normalized spacial score (nSPS) is 24.0. The summed E-state index contributed by atoms with van der Waals surface area (Å²) in [5.41, 5.74) is 6.93. The van der Waals surface area contributed by atoms with Gasteiger partial charge in [0.05, 0.1) is 17.1 Å². The second kappa shape index (κ2) is 4.81. The Labute approximate surface area is 105 Å². The van der Waals surface area contributed by atoms with Gasteiger partial charge in [0.2, 0.25) is 0 Å². The number of hydrogen-bond acceptors (Lipinski definition) is 5. The Morgan fingerprint density at radius 1 is 1.33 bits per heavy atom. The molecular formula is C12H17N3O3. The molecule has 1 aromatic rings. The number of rotatable bonds is 2. The predicted molar refractivity (Wildman–Crippen MR) is 69.7 cm³/mol. The van der Waals surface area contributed by atoms with Gasteiger partial charge in [-0.1, -0.05) is 0 Å². The topological polar surface area (TPSA) is 81.6 Å². The van der Waals surface area contributed by atoms with Crippen molar-refractivity contribution in [2.45, 2.75) is 26.1 Å². The maximum atomic E-state index is 10.8. The molecule has 1 aromatic carbocycles. The van der Waals surface area contributed by atoms with E-state index >= 15 is 0 Å². The maximum Gasteiger partial charge on any atom is 0.273 e. The van der Waals surface area contributed by atoms with Crippen LogP contribution in [0.5, 0.6) is 0 Å². The fraction of sp³-hybridized carbons (Fsp3) is 0.500. The largest absolute Gasteiger partial charge is 0.398 e. The molecule has 0 spiro atoms. The lowest BCUT2D eigenvalue weighted by Gasteiger charge is -2.36. The van der Waals surface area contributed by atoms with Gasteiger partial charge in [0, 0.05) is 36.6 Å². The monoisotopic (exact) mass is 251 g/mol. The molecule has 2 N–H and O–H groups in total. The SMILES string of the molecule is C[C@@H]1CN(c2cc(N)cc([N+](=O)[O-])c2)C[C@H](C)O1. The zero-order valence-electron chi connectivity index (χ0n) is 10.5.